The lowest BCUT2D eigenvalue weighted by molar-refractivity contribution is 0.671. The van der Waals surface area contributed by atoms with Gasteiger partial charge in [0.2, 0.25) is 0 Å². The Balaban J connectivity index is 1.27. The Hall–Kier alpha value is -7.43. The standard InChI is InChI=1S/C51H33N3O/c1-6-18-34(19-7-1)39-32-44(36-22-10-3-11-23-36)47-45(33-39)46-40(35-20-8-2-9-21-35)30-31-42(48(46)55-47)41-28-16-17-29-43(41)51-53-49(37-24-12-4-13-25-37)52-50(54-51)38-26-14-5-15-27-38/h1-33H. The van der Waals surface area contributed by atoms with Crippen LogP contribution in [-0.4, -0.2) is 15.0 Å². The van der Waals surface area contributed by atoms with E-state index in [1.165, 1.54) is 0 Å². The summed E-state index contributed by atoms with van der Waals surface area (Å²) in [6, 6.07) is 69.2. The third-order valence-electron chi connectivity index (χ3n) is 10.2. The van der Waals surface area contributed by atoms with E-state index in [0.717, 1.165) is 83.1 Å². The summed E-state index contributed by atoms with van der Waals surface area (Å²) in [5, 5.41) is 2.13. The zero-order valence-corrected chi connectivity index (χ0v) is 29.8. The molecule has 0 aliphatic heterocycles. The van der Waals surface area contributed by atoms with Gasteiger partial charge in [0.25, 0.3) is 0 Å². The lowest BCUT2D eigenvalue weighted by Gasteiger charge is -2.13. The molecule has 0 saturated heterocycles. The fraction of sp³-hybridized carbons (Fsp3) is 0. The van der Waals surface area contributed by atoms with Crippen molar-refractivity contribution in [3.8, 4) is 78.7 Å². The molecule has 0 saturated carbocycles. The van der Waals surface area contributed by atoms with Gasteiger partial charge in [-0.25, -0.2) is 15.0 Å². The minimum absolute atomic E-state index is 0.594. The maximum absolute atomic E-state index is 7.20. The maximum Gasteiger partial charge on any atom is 0.164 e. The van der Waals surface area contributed by atoms with Crippen LogP contribution >= 0.6 is 0 Å². The monoisotopic (exact) mass is 703 g/mol. The summed E-state index contributed by atoms with van der Waals surface area (Å²) in [5.41, 5.74) is 13.0. The Morgan fingerprint density at radius 3 is 1.27 bits per heavy atom. The Labute approximate surface area is 319 Å². The smallest absolute Gasteiger partial charge is 0.164 e. The van der Waals surface area contributed by atoms with Crippen LogP contribution in [0.2, 0.25) is 0 Å². The van der Waals surface area contributed by atoms with E-state index in [9.17, 15) is 0 Å². The lowest BCUT2D eigenvalue weighted by Crippen LogP contribution is -2.01. The van der Waals surface area contributed by atoms with Crippen molar-refractivity contribution in [1.82, 2.24) is 15.0 Å². The van der Waals surface area contributed by atoms with Crippen LogP contribution in [0.25, 0.3) is 101 Å². The van der Waals surface area contributed by atoms with E-state index in [0.29, 0.717) is 17.5 Å². The third kappa shape index (κ3) is 5.96. The molecular formula is C51H33N3O. The van der Waals surface area contributed by atoms with Crippen molar-refractivity contribution in [3.63, 3.8) is 0 Å². The highest BCUT2D eigenvalue weighted by molar-refractivity contribution is 6.20. The maximum atomic E-state index is 7.20. The summed E-state index contributed by atoms with van der Waals surface area (Å²) in [4.78, 5) is 15.2. The molecule has 10 rings (SSSR count). The molecule has 0 bridgehead atoms. The summed E-state index contributed by atoms with van der Waals surface area (Å²) >= 11 is 0. The number of fused-ring (bicyclic) bond motifs is 3. The largest absolute Gasteiger partial charge is 0.455 e. The van der Waals surface area contributed by atoms with E-state index in [1.807, 2.05) is 66.7 Å². The number of rotatable bonds is 7. The summed E-state index contributed by atoms with van der Waals surface area (Å²) in [7, 11) is 0. The molecule has 0 aliphatic carbocycles. The van der Waals surface area contributed by atoms with Crippen LogP contribution in [0.15, 0.2) is 205 Å². The van der Waals surface area contributed by atoms with Gasteiger partial charge in [-0.3, -0.25) is 0 Å². The van der Waals surface area contributed by atoms with Crippen LogP contribution in [0.3, 0.4) is 0 Å². The first-order valence-corrected chi connectivity index (χ1v) is 18.4. The second-order valence-corrected chi connectivity index (χ2v) is 13.5. The highest BCUT2D eigenvalue weighted by Gasteiger charge is 2.23. The molecule has 4 heteroatoms. The van der Waals surface area contributed by atoms with Crippen LogP contribution in [0, 0.1) is 0 Å². The number of benzene rings is 8. The molecule has 8 aromatic carbocycles. The number of nitrogens with zero attached hydrogens (tertiary/aromatic N) is 3. The van der Waals surface area contributed by atoms with Crippen molar-refractivity contribution in [2.75, 3.05) is 0 Å². The fourth-order valence-electron chi connectivity index (χ4n) is 7.52. The lowest BCUT2D eigenvalue weighted by atomic mass is 9.91. The van der Waals surface area contributed by atoms with Crippen molar-refractivity contribution in [3.05, 3.63) is 200 Å². The molecule has 10 aromatic rings. The molecule has 0 aliphatic rings. The van der Waals surface area contributed by atoms with E-state index < -0.39 is 0 Å². The Bertz CT molecular complexity index is 2890. The molecule has 2 aromatic heterocycles. The van der Waals surface area contributed by atoms with E-state index in [2.05, 4.69) is 133 Å². The molecule has 0 unspecified atom stereocenters. The molecule has 0 spiro atoms. The van der Waals surface area contributed by atoms with Gasteiger partial charge in [0.1, 0.15) is 11.2 Å². The van der Waals surface area contributed by atoms with Crippen molar-refractivity contribution in [2.24, 2.45) is 0 Å². The molecule has 0 atom stereocenters. The summed E-state index contributed by atoms with van der Waals surface area (Å²) in [6.45, 7) is 0. The van der Waals surface area contributed by atoms with Gasteiger partial charge >= 0.3 is 0 Å². The van der Waals surface area contributed by atoms with Crippen LogP contribution in [0.1, 0.15) is 0 Å². The number of aromatic nitrogens is 3. The quantitative estimate of drug-likeness (QED) is 0.166. The summed E-state index contributed by atoms with van der Waals surface area (Å²) in [6.07, 6.45) is 0. The van der Waals surface area contributed by atoms with Gasteiger partial charge in [-0.15, -0.1) is 0 Å². The minimum atomic E-state index is 0.594. The first-order chi connectivity index (χ1) is 27.3. The predicted molar refractivity (Wildman–Crippen MR) is 225 cm³/mol. The molecular weight excluding hydrogens is 671 g/mol. The first kappa shape index (κ1) is 32.2. The van der Waals surface area contributed by atoms with Gasteiger partial charge in [-0.2, -0.15) is 0 Å². The normalized spacial score (nSPS) is 11.3. The van der Waals surface area contributed by atoms with E-state index in [-0.39, 0.29) is 0 Å². The second kappa shape index (κ2) is 13.8. The highest BCUT2D eigenvalue weighted by atomic mass is 16.3. The van der Waals surface area contributed by atoms with Crippen LogP contribution < -0.4 is 0 Å². The number of hydrogen-bond acceptors (Lipinski definition) is 4. The molecule has 0 amide bonds. The molecule has 0 fully saturated rings. The van der Waals surface area contributed by atoms with Crippen molar-refractivity contribution >= 4 is 21.9 Å². The zero-order valence-electron chi connectivity index (χ0n) is 29.8. The zero-order chi connectivity index (χ0) is 36.6. The highest BCUT2D eigenvalue weighted by Crippen LogP contribution is 2.47. The minimum Gasteiger partial charge on any atom is -0.455 e. The Morgan fingerprint density at radius 2 is 0.709 bits per heavy atom. The van der Waals surface area contributed by atoms with E-state index in [1.54, 1.807) is 0 Å². The molecule has 2 heterocycles. The molecule has 0 N–H and O–H groups in total. The van der Waals surface area contributed by atoms with Crippen LogP contribution in [0.5, 0.6) is 0 Å². The Kier molecular flexibility index (Phi) is 8.12. The van der Waals surface area contributed by atoms with Gasteiger partial charge < -0.3 is 4.42 Å². The molecule has 4 nitrogen and oxygen atoms in total. The molecule has 55 heavy (non-hydrogen) atoms. The summed E-state index contributed by atoms with van der Waals surface area (Å²) < 4.78 is 7.20. The molecule has 0 radical (unpaired) electrons. The Morgan fingerprint density at radius 1 is 0.273 bits per heavy atom. The topological polar surface area (TPSA) is 51.8 Å². The number of furan rings is 1. The summed E-state index contributed by atoms with van der Waals surface area (Å²) in [5.74, 6) is 1.83. The average molecular weight is 704 g/mol. The van der Waals surface area contributed by atoms with Crippen LogP contribution in [-0.2, 0) is 0 Å². The van der Waals surface area contributed by atoms with Gasteiger partial charge in [-0.1, -0.05) is 182 Å². The van der Waals surface area contributed by atoms with E-state index in [4.69, 9.17) is 19.4 Å². The van der Waals surface area contributed by atoms with Crippen molar-refractivity contribution < 1.29 is 4.42 Å². The molecule has 258 valence electrons. The average Bonchev–Trinajstić information content (AvgIpc) is 3.67. The predicted octanol–water partition coefficient (Wildman–Crippen LogP) is 13.4. The van der Waals surface area contributed by atoms with Crippen molar-refractivity contribution in [2.45, 2.75) is 0 Å². The second-order valence-electron chi connectivity index (χ2n) is 13.5. The SMILES string of the molecule is c1ccc(-c2cc(-c3ccccc3)c3oc4c(-c5ccccc5-c5nc(-c6ccccc6)nc(-c6ccccc6)n5)ccc(-c5ccccc5)c4c3c2)cc1. The van der Waals surface area contributed by atoms with E-state index >= 15 is 0 Å². The fourth-order valence-corrected chi connectivity index (χ4v) is 7.52. The van der Waals surface area contributed by atoms with Gasteiger partial charge in [-0.05, 0) is 51.6 Å². The number of hydrogen-bond donors (Lipinski definition) is 0. The van der Waals surface area contributed by atoms with Gasteiger partial charge in [0.05, 0.1) is 0 Å². The van der Waals surface area contributed by atoms with Crippen molar-refractivity contribution in [1.29, 1.82) is 0 Å². The van der Waals surface area contributed by atoms with Gasteiger partial charge in [0, 0.05) is 38.6 Å². The van der Waals surface area contributed by atoms with Crippen LogP contribution in [0.4, 0.5) is 0 Å². The first-order valence-electron chi connectivity index (χ1n) is 18.4. The third-order valence-corrected chi connectivity index (χ3v) is 10.2. The van der Waals surface area contributed by atoms with Gasteiger partial charge in [0.15, 0.2) is 17.5 Å².